The van der Waals surface area contributed by atoms with Gasteiger partial charge >= 0.3 is 12.3 Å². The molecule has 13 heteroatoms. The highest BCUT2D eigenvalue weighted by Crippen LogP contribution is 2.52. The van der Waals surface area contributed by atoms with Crippen LogP contribution in [0.1, 0.15) is 58.2 Å². The monoisotopic (exact) mass is 671 g/mol. The SMILES string of the molecule is CCOc1ncccc1-c1ccc(OC2CC3(C2)CN(c2ccc(F)cc2C(F)(F)F)C3)c(CNC2CCN(C(=O)OC(C)(C)C)C2)n1. The van der Waals surface area contributed by atoms with Gasteiger partial charge in [0, 0.05) is 56.1 Å². The van der Waals surface area contributed by atoms with Crippen LogP contribution >= 0.6 is 0 Å². The van der Waals surface area contributed by atoms with Gasteiger partial charge in [0.05, 0.1) is 29.1 Å². The molecule has 1 aliphatic carbocycles. The van der Waals surface area contributed by atoms with E-state index in [9.17, 15) is 22.4 Å². The summed E-state index contributed by atoms with van der Waals surface area (Å²) in [5.74, 6) is 0.187. The van der Waals surface area contributed by atoms with Crippen molar-refractivity contribution in [2.75, 3.05) is 37.7 Å². The van der Waals surface area contributed by atoms with E-state index in [1.807, 2.05) is 52.0 Å². The van der Waals surface area contributed by atoms with E-state index in [0.717, 1.165) is 18.1 Å². The van der Waals surface area contributed by atoms with Gasteiger partial charge in [0.2, 0.25) is 5.88 Å². The number of nitrogens with zero attached hydrogens (tertiary/aromatic N) is 4. The molecule has 6 rings (SSSR count). The maximum Gasteiger partial charge on any atom is 0.418 e. The van der Waals surface area contributed by atoms with Gasteiger partial charge in [-0.3, -0.25) is 0 Å². The Labute approximate surface area is 277 Å². The number of halogens is 4. The van der Waals surface area contributed by atoms with Crippen LogP contribution in [0.4, 0.5) is 28.0 Å². The molecule has 1 aromatic carbocycles. The molecule has 3 aliphatic rings. The summed E-state index contributed by atoms with van der Waals surface area (Å²) in [7, 11) is 0. The van der Waals surface area contributed by atoms with Crippen LogP contribution in [0.25, 0.3) is 11.3 Å². The average molecular weight is 672 g/mol. The van der Waals surface area contributed by atoms with Crippen molar-refractivity contribution in [2.24, 2.45) is 5.41 Å². The molecule has 3 aromatic rings. The summed E-state index contributed by atoms with van der Waals surface area (Å²) in [5, 5.41) is 3.53. The Kier molecular flexibility index (Phi) is 9.18. The smallest absolute Gasteiger partial charge is 0.418 e. The fraction of sp³-hybridized carbons (Fsp3) is 0.514. The number of alkyl halides is 3. The molecule has 1 spiro atoms. The van der Waals surface area contributed by atoms with Gasteiger partial charge in [0.15, 0.2) is 0 Å². The normalized spacial score (nSPS) is 19.2. The third kappa shape index (κ3) is 7.45. The summed E-state index contributed by atoms with van der Waals surface area (Å²) < 4.78 is 72.2. The zero-order valence-corrected chi connectivity index (χ0v) is 27.6. The summed E-state index contributed by atoms with van der Waals surface area (Å²) in [4.78, 5) is 25.3. The number of hydrogen-bond donors (Lipinski definition) is 1. The molecular weight excluding hydrogens is 630 g/mol. The molecule has 258 valence electrons. The maximum atomic E-state index is 13.6. The maximum absolute atomic E-state index is 13.6. The Balaban J connectivity index is 1.13. The van der Waals surface area contributed by atoms with Crippen LogP contribution in [-0.4, -0.2) is 71.5 Å². The quantitative estimate of drug-likeness (QED) is 0.247. The first kappa shape index (κ1) is 33.8. The molecule has 3 fully saturated rings. The Morgan fingerprint density at radius 1 is 1.10 bits per heavy atom. The fourth-order valence-electron chi connectivity index (χ4n) is 6.74. The lowest BCUT2D eigenvalue weighted by molar-refractivity contribution is -0.137. The van der Waals surface area contributed by atoms with Crippen LogP contribution < -0.4 is 19.7 Å². The lowest BCUT2D eigenvalue weighted by atomic mass is 9.61. The Bertz CT molecular complexity index is 1630. The van der Waals surface area contributed by atoms with E-state index in [1.165, 1.54) is 6.07 Å². The zero-order valence-electron chi connectivity index (χ0n) is 27.6. The molecule has 1 amide bonds. The van der Waals surface area contributed by atoms with Gasteiger partial charge in [-0.15, -0.1) is 0 Å². The van der Waals surface area contributed by atoms with Gasteiger partial charge in [-0.1, -0.05) is 0 Å². The zero-order chi connectivity index (χ0) is 34.3. The first-order valence-corrected chi connectivity index (χ1v) is 16.3. The van der Waals surface area contributed by atoms with Crippen LogP contribution in [0.5, 0.6) is 11.6 Å². The molecular formula is C35H41F4N5O4. The molecule has 4 heterocycles. The van der Waals surface area contributed by atoms with E-state index in [1.54, 1.807) is 16.0 Å². The van der Waals surface area contributed by atoms with Crippen LogP contribution in [-0.2, 0) is 17.5 Å². The third-order valence-electron chi connectivity index (χ3n) is 8.93. The summed E-state index contributed by atoms with van der Waals surface area (Å²) >= 11 is 0. The van der Waals surface area contributed by atoms with E-state index in [0.29, 0.717) is 81.3 Å². The Morgan fingerprint density at radius 3 is 2.58 bits per heavy atom. The van der Waals surface area contributed by atoms with Crippen LogP contribution in [0.2, 0.25) is 0 Å². The van der Waals surface area contributed by atoms with E-state index >= 15 is 0 Å². The van der Waals surface area contributed by atoms with Gasteiger partial charge in [-0.25, -0.2) is 19.2 Å². The van der Waals surface area contributed by atoms with Crippen molar-refractivity contribution in [2.45, 2.75) is 77.4 Å². The molecule has 1 N–H and O–H groups in total. The summed E-state index contributed by atoms with van der Waals surface area (Å²) in [6.45, 7) is 10.2. The fourth-order valence-corrected chi connectivity index (χ4v) is 6.74. The summed E-state index contributed by atoms with van der Waals surface area (Å²) in [5.41, 5.74) is 0.446. The number of ether oxygens (including phenoxy) is 3. The van der Waals surface area contributed by atoms with E-state index < -0.39 is 23.2 Å². The number of anilines is 1. The van der Waals surface area contributed by atoms with Crippen molar-refractivity contribution in [1.29, 1.82) is 0 Å². The van der Waals surface area contributed by atoms with Crippen molar-refractivity contribution < 1.29 is 36.6 Å². The number of rotatable bonds is 9. The molecule has 9 nitrogen and oxygen atoms in total. The predicted octanol–water partition coefficient (Wildman–Crippen LogP) is 6.85. The molecule has 48 heavy (non-hydrogen) atoms. The predicted molar refractivity (Wildman–Crippen MR) is 171 cm³/mol. The van der Waals surface area contributed by atoms with E-state index in [2.05, 4.69) is 10.3 Å². The summed E-state index contributed by atoms with van der Waals surface area (Å²) in [6, 6.07) is 10.3. The Hall–Kier alpha value is -4.13. The van der Waals surface area contributed by atoms with Gasteiger partial charge in [0.1, 0.15) is 23.3 Å². The van der Waals surface area contributed by atoms with Crippen LogP contribution in [0.3, 0.4) is 0 Å². The van der Waals surface area contributed by atoms with Crippen molar-refractivity contribution in [3.05, 3.63) is 65.7 Å². The number of hydrogen-bond acceptors (Lipinski definition) is 8. The van der Waals surface area contributed by atoms with Gasteiger partial charge < -0.3 is 29.3 Å². The lowest BCUT2D eigenvalue weighted by Crippen LogP contribution is -2.65. The van der Waals surface area contributed by atoms with Gasteiger partial charge in [-0.05, 0) is 89.4 Å². The number of benzene rings is 1. The van der Waals surface area contributed by atoms with E-state index in [-0.39, 0.29) is 29.3 Å². The van der Waals surface area contributed by atoms with Crippen molar-refractivity contribution in [3.63, 3.8) is 0 Å². The molecule has 0 radical (unpaired) electrons. The largest absolute Gasteiger partial charge is 0.488 e. The highest BCUT2D eigenvalue weighted by Gasteiger charge is 2.54. The van der Waals surface area contributed by atoms with Crippen molar-refractivity contribution in [1.82, 2.24) is 20.2 Å². The standard InChI is InChI=1S/C35H41F4N5O4/c1-5-46-31-25(7-6-13-40-31)27-9-11-30(28(42-27)18-41-23-12-14-43(19-23)32(45)48-33(2,3)4)47-24-16-34(17-24)20-44(21-34)29-10-8-22(36)15-26(29)35(37,38)39/h6-11,13,15,23-24,41H,5,12,14,16-21H2,1-4H3. The molecule has 1 saturated carbocycles. The molecule has 2 aliphatic heterocycles. The number of pyridine rings is 2. The lowest BCUT2D eigenvalue weighted by Gasteiger charge is -2.59. The minimum absolute atomic E-state index is 0.00557. The van der Waals surface area contributed by atoms with Gasteiger partial charge in [0.25, 0.3) is 0 Å². The second-order valence-corrected chi connectivity index (χ2v) is 13.9. The number of nitrogens with one attached hydrogen (secondary N) is 1. The first-order chi connectivity index (χ1) is 22.7. The van der Waals surface area contributed by atoms with Crippen molar-refractivity contribution in [3.8, 4) is 22.9 Å². The second-order valence-electron chi connectivity index (χ2n) is 13.9. The summed E-state index contributed by atoms with van der Waals surface area (Å²) in [6.07, 6.45) is -1.30. The number of carbonyl (C=O) groups is 1. The number of amides is 1. The molecule has 1 unspecified atom stereocenters. The number of likely N-dealkylation sites (tertiary alicyclic amines) is 1. The average Bonchev–Trinajstić information content (AvgIpc) is 3.46. The minimum atomic E-state index is -4.64. The molecule has 1 atom stereocenters. The van der Waals surface area contributed by atoms with Crippen molar-refractivity contribution >= 4 is 11.8 Å². The second kappa shape index (κ2) is 13.1. The molecule has 0 bridgehead atoms. The number of carbonyl (C=O) groups excluding carboxylic acids is 1. The minimum Gasteiger partial charge on any atom is -0.488 e. The highest BCUT2D eigenvalue weighted by molar-refractivity contribution is 5.68. The topological polar surface area (TPSA) is 89.1 Å². The van der Waals surface area contributed by atoms with Gasteiger partial charge in [-0.2, -0.15) is 13.2 Å². The third-order valence-corrected chi connectivity index (χ3v) is 8.93. The number of aromatic nitrogens is 2. The Morgan fingerprint density at radius 2 is 1.88 bits per heavy atom. The molecule has 2 saturated heterocycles. The first-order valence-electron chi connectivity index (χ1n) is 16.3. The molecule has 2 aromatic heterocycles. The highest BCUT2D eigenvalue weighted by atomic mass is 19.4. The van der Waals surface area contributed by atoms with E-state index in [4.69, 9.17) is 19.2 Å². The van der Waals surface area contributed by atoms with Crippen LogP contribution in [0, 0.1) is 11.2 Å². The van der Waals surface area contributed by atoms with Crippen LogP contribution in [0.15, 0.2) is 48.7 Å².